The fraction of sp³-hybridized carbons (Fsp3) is 0. The molecule has 5 nitrogen and oxygen atoms in total. The van der Waals surface area contributed by atoms with E-state index >= 15 is 0 Å². The Balaban J connectivity index is 2.15. The van der Waals surface area contributed by atoms with Crippen molar-refractivity contribution < 1.29 is 4.42 Å². The van der Waals surface area contributed by atoms with Gasteiger partial charge < -0.3 is 4.42 Å². The molecular weight excluding hydrogens is 254 g/mol. The van der Waals surface area contributed by atoms with Crippen molar-refractivity contribution in [3.63, 3.8) is 0 Å². The van der Waals surface area contributed by atoms with Crippen molar-refractivity contribution in [3.8, 4) is 5.69 Å². The Morgan fingerprint density at radius 2 is 1.95 bits per heavy atom. The molecule has 5 heteroatoms. The first-order chi connectivity index (χ1) is 9.83. The Kier molecular flexibility index (Phi) is 2.20. The summed E-state index contributed by atoms with van der Waals surface area (Å²) >= 11 is 0. The third-order valence-corrected chi connectivity index (χ3v) is 3.29. The first kappa shape index (κ1) is 10.9. The smallest absolute Gasteiger partial charge is 0.362 e. The molecule has 0 amide bonds. The van der Waals surface area contributed by atoms with E-state index in [1.165, 1.54) is 10.9 Å². The lowest BCUT2D eigenvalue weighted by molar-refractivity contribution is 0.551. The molecule has 4 aromatic rings. The highest BCUT2D eigenvalue weighted by atomic mass is 16.4. The summed E-state index contributed by atoms with van der Waals surface area (Å²) < 4.78 is 6.79. The zero-order valence-corrected chi connectivity index (χ0v) is 10.4. The molecule has 4 rings (SSSR count). The van der Waals surface area contributed by atoms with Gasteiger partial charge >= 0.3 is 5.63 Å². The Morgan fingerprint density at radius 3 is 2.80 bits per heavy atom. The number of fused-ring (bicyclic) bond motifs is 3. The monoisotopic (exact) mass is 263 g/mol. The maximum atomic E-state index is 12.0. The standard InChI is InChI=1S/C15H9N3O2/c19-15-13(18-8-7-16-17-18)9-12-11-4-2-1-3-10(11)5-6-14(12)20-15/h1-9H. The van der Waals surface area contributed by atoms with Crippen LogP contribution in [-0.4, -0.2) is 15.0 Å². The van der Waals surface area contributed by atoms with E-state index in [1.807, 2.05) is 36.4 Å². The average Bonchev–Trinajstić information content (AvgIpc) is 3.00. The molecule has 0 fully saturated rings. The van der Waals surface area contributed by atoms with Crippen LogP contribution in [0.1, 0.15) is 0 Å². The number of benzene rings is 2. The van der Waals surface area contributed by atoms with Crippen LogP contribution in [0.2, 0.25) is 0 Å². The van der Waals surface area contributed by atoms with Crippen molar-refractivity contribution in [2.24, 2.45) is 0 Å². The summed E-state index contributed by atoms with van der Waals surface area (Å²) in [5.41, 5.74) is 0.488. The van der Waals surface area contributed by atoms with Gasteiger partial charge in [-0.05, 0) is 22.9 Å². The molecule has 0 aliphatic carbocycles. The Morgan fingerprint density at radius 1 is 1.05 bits per heavy atom. The summed E-state index contributed by atoms with van der Waals surface area (Å²) in [5.74, 6) is 0. The third-order valence-electron chi connectivity index (χ3n) is 3.29. The molecule has 0 atom stereocenters. The van der Waals surface area contributed by atoms with Crippen molar-refractivity contribution in [3.05, 3.63) is 65.3 Å². The van der Waals surface area contributed by atoms with Gasteiger partial charge in [-0.25, -0.2) is 9.48 Å². The molecule has 0 aliphatic rings. The quantitative estimate of drug-likeness (QED) is 0.391. The van der Waals surface area contributed by atoms with Gasteiger partial charge in [-0.2, -0.15) is 0 Å². The third kappa shape index (κ3) is 1.53. The average molecular weight is 263 g/mol. The summed E-state index contributed by atoms with van der Waals surface area (Å²) in [7, 11) is 0. The molecule has 0 spiro atoms. The Bertz CT molecular complexity index is 971. The normalized spacial score (nSPS) is 11.2. The van der Waals surface area contributed by atoms with Crippen molar-refractivity contribution in [1.82, 2.24) is 15.0 Å². The van der Waals surface area contributed by atoms with E-state index in [9.17, 15) is 4.79 Å². The first-order valence-corrected chi connectivity index (χ1v) is 6.15. The molecule has 96 valence electrons. The van der Waals surface area contributed by atoms with Gasteiger partial charge in [0.25, 0.3) is 0 Å². The minimum absolute atomic E-state index is 0.353. The van der Waals surface area contributed by atoms with Gasteiger partial charge in [0.2, 0.25) is 0 Å². The van der Waals surface area contributed by atoms with Gasteiger partial charge in [0.05, 0.1) is 12.4 Å². The molecule has 0 saturated carbocycles. The molecule has 0 aliphatic heterocycles. The van der Waals surface area contributed by atoms with Crippen LogP contribution in [-0.2, 0) is 0 Å². The summed E-state index contributed by atoms with van der Waals surface area (Å²) in [6.45, 7) is 0. The second-order valence-corrected chi connectivity index (χ2v) is 4.47. The minimum atomic E-state index is -0.432. The van der Waals surface area contributed by atoms with E-state index in [4.69, 9.17) is 4.42 Å². The van der Waals surface area contributed by atoms with Crippen LogP contribution in [0.15, 0.2) is 64.1 Å². The van der Waals surface area contributed by atoms with E-state index in [0.29, 0.717) is 11.3 Å². The van der Waals surface area contributed by atoms with Crippen LogP contribution >= 0.6 is 0 Å². The summed E-state index contributed by atoms with van der Waals surface area (Å²) in [6.07, 6.45) is 3.13. The van der Waals surface area contributed by atoms with E-state index in [2.05, 4.69) is 10.3 Å². The predicted octanol–water partition coefficient (Wildman–Crippen LogP) is 2.53. The minimum Gasteiger partial charge on any atom is -0.421 e. The highest BCUT2D eigenvalue weighted by Gasteiger charge is 2.10. The van der Waals surface area contributed by atoms with Gasteiger partial charge in [0.15, 0.2) is 5.69 Å². The molecule has 0 saturated heterocycles. The predicted molar refractivity (Wildman–Crippen MR) is 74.9 cm³/mol. The van der Waals surface area contributed by atoms with Gasteiger partial charge in [-0.15, -0.1) is 5.10 Å². The zero-order valence-electron chi connectivity index (χ0n) is 10.4. The van der Waals surface area contributed by atoms with Crippen LogP contribution in [0.3, 0.4) is 0 Å². The van der Waals surface area contributed by atoms with E-state index < -0.39 is 5.63 Å². The second-order valence-electron chi connectivity index (χ2n) is 4.47. The van der Waals surface area contributed by atoms with Crippen LogP contribution in [0, 0.1) is 0 Å². The number of aromatic nitrogens is 3. The second kappa shape index (κ2) is 4.03. The van der Waals surface area contributed by atoms with Crippen LogP contribution in [0.5, 0.6) is 0 Å². The Hall–Kier alpha value is -2.95. The van der Waals surface area contributed by atoms with E-state index in [1.54, 1.807) is 12.3 Å². The summed E-state index contributed by atoms with van der Waals surface area (Å²) in [6, 6.07) is 13.5. The van der Waals surface area contributed by atoms with E-state index in [0.717, 1.165) is 16.2 Å². The molecule has 0 unspecified atom stereocenters. The van der Waals surface area contributed by atoms with E-state index in [-0.39, 0.29) is 0 Å². The van der Waals surface area contributed by atoms with Crippen LogP contribution in [0.4, 0.5) is 0 Å². The molecule has 2 heterocycles. The molecule has 2 aromatic carbocycles. The zero-order chi connectivity index (χ0) is 13.5. The lowest BCUT2D eigenvalue weighted by Gasteiger charge is -2.04. The van der Waals surface area contributed by atoms with Gasteiger partial charge in [0.1, 0.15) is 5.58 Å². The van der Waals surface area contributed by atoms with Crippen LogP contribution in [0.25, 0.3) is 27.4 Å². The topological polar surface area (TPSA) is 60.9 Å². The summed E-state index contributed by atoms with van der Waals surface area (Å²) in [5, 5.41) is 10.6. The highest BCUT2D eigenvalue weighted by molar-refractivity contribution is 6.05. The summed E-state index contributed by atoms with van der Waals surface area (Å²) in [4.78, 5) is 12.0. The van der Waals surface area contributed by atoms with Crippen LogP contribution < -0.4 is 5.63 Å². The van der Waals surface area contributed by atoms with Gasteiger partial charge in [0, 0.05) is 5.39 Å². The lowest BCUT2D eigenvalue weighted by Crippen LogP contribution is -2.10. The van der Waals surface area contributed by atoms with Crippen molar-refractivity contribution in [2.75, 3.05) is 0 Å². The maximum Gasteiger partial charge on any atom is 0.362 e. The molecular formula is C15H9N3O2. The number of hydrogen-bond acceptors (Lipinski definition) is 4. The number of hydrogen-bond donors (Lipinski definition) is 0. The first-order valence-electron chi connectivity index (χ1n) is 6.15. The SMILES string of the molecule is O=c1oc2ccc3ccccc3c2cc1-n1ccnn1. The largest absolute Gasteiger partial charge is 0.421 e. The Labute approximate surface area is 113 Å². The maximum absolute atomic E-state index is 12.0. The fourth-order valence-corrected chi connectivity index (χ4v) is 2.36. The van der Waals surface area contributed by atoms with Gasteiger partial charge in [-0.1, -0.05) is 35.5 Å². The van der Waals surface area contributed by atoms with Crippen molar-refractivity contribution in [2.45, 2.75) is 0 Å². The molecule has 0 N–H and O–H groups in total. The van der Waals surface area contributed by atoms with Gasteiger partial charge in [-0.3, -0.25) is 0 Å². The van der Waals surface area contributed by atoms with Crippen molar-refractivity contribution >= 4 is 21.7 Å². The fourth-order valence-electron chi connectivity index (χ4n) is 2.36. The number of nitrogens with zero attached hydrogens (tertiary/aromatic N) is 3. The molecule has 0 bridgehead atoms. The number of rotatable bonds is 1. The molecule has 20 heavy (non-hydrogen) atoms. The lowest BCUT2D eigenvalue weighted by atomic mass is 10.1. The molecule has 0 radical (unpaired) electrons. The molecule has 2 aromatic heterocycles. The highest BCUT2D eigenvalue weighted by Crippen LogP contribution is 2.25. The van der Waals surface area contributed by atoms with Crippen molar-refractivity contribution in [1.29, 1.82) is 0 Å².